The normalized spacial score (nSPS) is 11.8. The molecule has 0 spiro atoms. The molecule has 0 radical (unpaired) electrons. The van der Waals surface area contributed by atoms with E-state index in [1.165, 1.54) is 0 Å². The third-order valence-electron chi connectivity index (χ3n) is 9.94. The summed E-state index contributed by atoms with van der Waals surface area (Å²) in [4.78, 5) is 20.6. The van der Waals surface area contributed by atoms with Gasteiger partial charge in [0.1, 0.15) is 22.3 Å². The Morgan fingerprint density at radius 1 is 0.346 bits per heavy atom. The maximum absolute atomic E-state index is 6.44. The molecule has 0 aliphatic rings. The van der Waals surface area contributed by atoms with Crippen molar-refractivity contribution in [2.75, 3.05) is 0 Å². The second kappa shape index (κ2) is 11.2. The fraction of sp³-hybridized carbons (Fsp3) is 0. The molecule has 4 aromatic heterocycles. The van der Waals surface area contributed by atoms with E-state index in [0.29, 0.717) is 17.5 Å². The third-order valence-corrected chi connectivity index (χ3v) is 9.94. The van der Waals surface area contributed by atoms with E-state index in [-0.39, 0.29) is 0 Å². The van der Waals surface area contributed by atoms with Gasteiger partial charge in [-0.1, -0.05) is 127 Å². The molecule has 0 amide bonds. The maximum atomic E-state index is 6.44. The van der Waals surface area contributed by atoms with Crippen LogP contribution in [0.1, 0.15) is 0 Å². The third kappa shape index (κ3) is 4.38. The van der Waals surface area contributed by atoms with Gasteiger partial charge in [-0.2, -0.15) is 0 Å². The summed E-state index contributed by atoms with van der Waals surface area (Å²) in [5, 5.41) is 7.24. The number of benzene rings is 7. The van der Waals surface area contributed by atoms with E-state index in [4.69, 9.17) is 28.8 Å². The van der Waals surface area contributed by atoms with Gasteiger partial charge in [-0.05, 0) is 41.1 Å². The largest absolute Gasteiger partial charge is 0.456 e. The first kappa shape index (κ1) is 28.6. The molecule has 6 heteroatoms. The monoisotopic (exact) mass is 666 g/mol. The number of pyridine rings is 1. The van der Waals surface area contributed by atoms with Gasteiger partial charge in [-0.25, -0.2) is 19.9 Å². The van der Waals surface area contributed by atoms with Gasteiger partial charge >= 0.3 is 0 Å². The topological polar surface area (TPSA) is 77.8 Å². The van der Waals surface area contributed by atoms with Gasteiger partial charge in [0.2, 0.25) is 0 Å². The Morgan fingerprint density at radius 2 is 0.904 bits per heavy atom. The Balaban J connectivity index is 1.12. The summed E-state index contributed by atoms with van der Waals surface area (Å²) in [6.07, 6.45) is 0. The predicted molar refractivity (Wildman–Crippen MR) is 209 cm³/mol. The quantitative estimate of drug-likeness (QED) is 0.186. The van der Waals surface area contributed by atoms with Crippen LogP contribution in [0.15, 0.2) is 167 Å². The summed E-state index contributed by atoms with van der Waals surface area (Å²) in [7, 11) is 0. The SMILES string of the molecule is c1ccc2c(-c3nc(-c4ccc(-c5nc6ccccc6c6oc7ccccc7c56)cc4)nc(-c4cccc5oc6ccccc6c45)n3)cccc2c1. The zero-order valence-corrected chi connectivity index (χ0v) is 27.6. The van der Waals surface area contributed by atoms with E-state index in [2.05, 4.69) is 78.9 Å². The van der Waals surface area contributed by atoms with Crippen LogP contribution in [0.3, 0.4) is 0 Å². The first-order valence-electron chi connectivity index (χ1n) is 17.2. The summed E-state index contributed by atoms with van der Waals surface area (Å²) in [6, 6.07) is 53.3. The van der Waals surface area contributed by atoms with Crippen LogP contribution in [0.25, 0.3) is 111 Å². The minimum atomic E-state index is 0.578. The highest BCUT2D eigenvalue weighted by molar-refractivity contribution is 6.19. The van der Waals surface area contributed by atoms with Crippen molar-refractivity contribution >= 4 is 65.6 Å². The molecule has 7 aromatic carbocycles. The van der Waals surface area contributed by atoms with E-state index in [9.17, 15) is 0 Å². The van der Waals surface area contributed by atoms with Crippen molar-refractivity contribution in [3.63, 3.8) is 0 Å². The van der Waals surface area contributed by atoms with Gasteiger partial charge in [0.15, 0.2) is 17.5 Å². The molecular weight excluding hydrogens is 641 g/mol. The Labute approximate surface area is 296 Å². The lowest BCUT2D eigenvalue weighted by molar-refractivity contribution is 0.669. The molecule has 0 atom stereocenters. The van der Waals surface area contributed by atoms with Gasteiger partial charge < -0.3 is 8.83 Å². The predicted octanol–water partition coefficient (Wildman–Crippen LogP) is 12.0. The van der Waals surface area contributed by atoms with Crippen molar-refractivity contribution in [1.29, 1.82) is 0 Å². The van der Waals surface area contributed by atoms with Crippen LogP contribution in [-0.4, -0.2) is 19.9 Å². The van der Waals surface area contributed by atoms with Crippen molar-refractivity contribution < 1.29 is 8.83 Å². The Bertz CT molecular complexity index is 3190. The van der Waals surface area contributed by atoms with Crippen LogP contribution in [0.4, 0.5) is 0 Å². The molecule has 242 valence electrons. The molecular formula is C46H26N4O2. The zero-order chi connectivity index (χ0) is 34.2. The highest BCUT2D eigenvalue weighted by atomic mass is 16.3. The van der Waals surface area contributed by atoms with E-state index in [0.717, 1.165) is 93.5 Å². The number of para-hydroxylation sites is 3. The van der Waals surface area contributed by atoms with Crippen molar-refractivity contribution in [3.05, 3.63) is 158 Å². The smallest absolute Gasteiger partial charge is 0.164 e. The average molecular weight is 667 g/mol. The number of hydrogen-bond donors (Lipinski definition) is 0. The Hall–Kier alpha value is -7.18. The number of hydrogen-bond acceptors (Lipinski definition) is 6. The number of nitrogens with zero attached hydrogens (tertiary/aromatic N) is 4. The van der Waals surface area contributed by atoms with Crippen LogP contribution in [0.2, 0.25) is 0 Å². The minimum Gasteiger partial charge on any atom is -0.456 e. The minimum absolute atomic E-state index is 0.578. The van der Waals surface area contributed by atoms with Gasteiger partial charge in [-0.3, -0.25) is 0 Å². The zero-order valence-electron chi connectivity index (χ0n) is 27.6. The lowest BCUT2D eigenvalue weighted by Gasteiger charge is -2.11. The maximum Gasteiger partial charge on any atom is 0.164 e. The van der Waals surface area contributed by atoms with Gasteiger partial charge in [0.25, 0.3) is 0 Å². The Kier molecular flexibility index (Phi) is 6.15. The van der Waals surface area contributed by atoms with Gasteiger partial charge in [0.05, 0.1) is 16.6 Å². The van der Waals surface area contributed by atoms with Crippen molar-refractivity contribution in [2.45, 2.75) is 0 Å². The summed E-state index contributed by atoms with van der Waals surface area (Å²) < 4.78 is 12.7. The highest BCUT2D eigenvalue weighted by Crippen LogP contribution is 2.41. The molecule has 0 N–H and O–H groups in total. The van der Waals surface area contributed by atoms with E-state index in [1.54, 1.807) is 0 Å². The lowest BCUT2D eigenvalue weighted by atomic mass is 10.0. The van der Waals surface area contributed by atoms with Crippen LogP contribution >= 0.6 is 0 Å². The van der Waals surface area contributed by atoms with E-state index < -0.39 is 0 Å². The van der Waals surface area contributed by atoms with Gasteiger partial charge in [-0.15, -0.1) is 0 Å². The van der Waals surface area contributed by atoms with Crippen molar-refractivity contribution in [1.82, 2.24) is 19.9 Å². The summed E-state index contributed by atoms with van der Waals surface area (Å²) >= 11 is 0. The molecule has 4 heterocycles. The number of fused-ring (bicyclic) bond motifs is 9. The Morgan fingerprint density at radius 3 is 1.73 bits per heavy atom. The fourth-order valence-corrected chi connectivity index (χ4v) is 7.52. The molecule has 6 nitrogen and oxygen atoms in total. The standard InChI is InChI=1S/C46H26N4O2/c1-2-13-30-27(11-1)12-9-17-31(30)45-48-44(49-46(50-45)35-18-10-22-39-40(35)33-15-4-7-20-37(33)51-39)29-25-23-28(24-26-29)42-41-34-16-5-8-21-38(34)52-43(41)32-14-3-6-19-36(32)47-42/h1-26H. The molecule has 52 heavy (non-hydrogen) atoms. The molecule has 0 aliphatic heterocycles. The highest BCUT2D eigenvalue weighted by Gasteiger charge is 2.20. The average Bonchev–Trinajstić information content (AvgIpc) is 3.80. The van der Waals surface area contributed by atoms with Crippen LogP contribution in [-0.2, 0) is 0 Å². The molecule has 0 aliphatic carbocycles. The van der Waals surface area contributed by atoms with E-state index in [1.807, 2.05) is 78.9 Å². The van der Waals surface area contributed by atoms with Crippen LogP contribution < -0.4 is 0 Å². The molecule has 0 saturated heterocycles. The summed E-state index contributed by atoms with van der Waals surface area (Å²) in [5.41, 5.74) is 8.73. The molecule has 11 aromatic rings. The van der Waals surface area contributed by atoms with Crippen molar-refractivity contribution in [2.24, 2.45) is 0 Å². The summed E-state index contributed by atoms with van der Waals surface area (Å²) in [5.74, 6) is 1.76. The number of furan rings is 2. The molecule has 0 saturated carbocycles. The lowest BCUT2D eigenvalue weighted by Crippen LogP contribution is -2.01. The second-order valence-electron chi connectivity index (χ2n) is 13.0. The number of aromatic nitrogens is 4. The molecule has 0 unspecified atom stereocenters. The molecule has 11 rings (SSSR count). The molecule has 0 fully saturated rings. The van der Waals surface area contributed by atoms with Crippen LogP contribution in [0, 0.1) is 0 Å². The van der Waals surface area contributed by atoms with E-state index >= 15 is 0 Å². The summed E-state index contributed by atoms with van der Waals surface area (Å²) in [6.45, 7) is 0. The first-order chi connectivity index (χ1) is 25.8. The second-order valence-corrected chi connectivity index (χ2v) is 13.0. The number of rotatable bonds is 4. The van der Waals surface area contributed by atoms with Gasteiger partial charge in [0, 0.05) is 43.8 Å². The first-order valence-corrected chi connectivity index (χ1v) is 17.2. The van der Waals surface area contributed by atoms with Crippen LogP contribution in [0.5, 0.6) is 0 Å². The van der Waals surface area contributed by atoms with Crippen molar-refractivity contribution in [3.8, 4) is 45.4 Å². The molecule has 0 bridgehead atoms. The fourth-order valence-electron chi connectivity index (χ4n) is 7.52.